The van der Waals surface area contributed by atoms with Gasteiger partial charge in [0, 0.05) is 37.0 Å². The highest BCUT2D eigenvalue weighted by molar-refractivity contribution is 6.32. The number of aromatic amines is 1. The van der Waals surface area contributed by atoms with Gasteiger partial charge in [-0.1, -0.05) is 24.2 Å². The highest BCUT2D eigenvalue weighted by Gasteiger charge is 2.29. The van der Waals surface area contributed by atoms with Crippen molar-refractivity contribution in [3.63, 3.8) is 0 Å². The van der Waals surface area contributed by atoms with Crippen LogP contribution in [0.4, 0.5) is 11.4 Å². The van der Waals surface area contributed by atoms with Crippen LogP contribution in [0.25, 0.3) is 11.3 Å². The van der Waals surface area contributed by atoms with Gasteiger partial charge in [-0.3, -0.25) is 14.6 Å². The van der Waals surface area contributed by atoms with Gasteiger partial charge in [-0.15, -0.1) is 0 Å². The number of amides is 2. The second kappa shape index (κ2) is 11.2. The van der Waals surface area contributed by atoms with Gasteiger partial charge in [-0.2, -0.15) is 0 Å². The molecule has 0 radical (unpaired) electrons. The Morgan fingerprint density at radius 1 is 1.39 bits per heavy atom. The number of ether oxygens (including phenoxy) is 3. The van der Waals surface area contributed by atoms with Gasteiger partial charge in [0.25, 0.3) is 5.91 Å². The molecule has 0 spiro atoms. The number of carbonyl (C=O) groups is 2. The molecule has 3 aromatic rings. The second-order valence-corrected chi connectivity index (χ2v) is 9.25. The minimum absolute atomic E-state index is 0.136. The maximum Gasteiger partial charge on any atom is 0.255 e. The third kappa shape index (κ3) is 5.05. The van der Waals surface area contributed by atoms with Crippen LogP contribution in [-0.2, 0) is 16.0 Å². The molecule has 2 aliphatic heterocycles. The highest BCUT2D eigenvalue weighted by atomic mass is 35.5. The van der Waals surface area contributed by atoms with Crippen LogP contribution in [0.5, 0.6) is 11.5 Å². The van der Waals surface area contributed by atoms with E-state index in [0.717, 1.165) is 5.69 Å². The highest BCUT2D eigenvalue weighted by Crippen LogP contribution is 2.42. The van der Waals surface area contributed by atoms with Gasteiger partial charge in [0.05, 0.1) is 54.1 Å². The Morgan fingerprint density at radius 2 is 2.26 bits per heavy atom. The molecule has 2 aliphatic rings. The van der Waals surface area contributed by atoms with Gasteiger partial charge in [-0.05, 0) is 24.3 Å². The van der Waals surface area contributed by atoms with E-state index in [2.05, 4.69) is 27.2 Å². The Balaban J connectivity index is 1.48. The molecule has 0 aliphatic carbocycles. The van der Waals surface area contributed by atoms with Crippen LogP contribution in [0, 0.1) is 0 Å². The van der Waals surface area contributed by atoms with E-state index in [1.165, 1.54) is 6.08 Å². The number of anilines is 2. The van der Waals surface area contributed by atoms with E-state index in [1.807, 2.05) is 12.1 Å². The van der Waals surface area contributed by atoms with E-state index in [9.17, 15) is 9.59 Å². The number of aromatic nitrogens is 2. The first kappa shape index (κ1) is 25.6. The molecule has 1 fully saturated rings. The van der Waals surface area contributed by atoms with Crippen molar-refractivity contribution in [2.45, 2.75) is 12.5 Å². The number of halogens is 1. The van der Waals surface area contributed by atoms with E-state index < -0.39 is 0 Å². The number of para-hydroxylation sites is 1. The summed E-state index contributed by atoms with van der Waals surface area (Å²) < 4.78 is 17.5. The second-order valence-electron chi connectivity index (χ2n) is 8.84. The molecule has 0 bridgehead atoms. The zero-order valence-corrected chi connectivity index (χ0v) is 21.6. The number of pyridine rings is 1. The SMILES string of the molecule is C=CC(=O)N1CCO[C@H](COc2cnccc2-c2[nH]c3c(c2Nc2cccc(Cl)c2OC)C(=O)NCC3)C1. The van der Waals surface area contributed by atoms with E-state index in [-0.39, 0.29) is 24.5 Å². The molecule has 5 rings (SSSR count). The summed E-state index contributed by atoms with van der Waals surface area (Å²) in [7, 11) is 1.54. The average Bonchev–Trinajstić information content (AvgIpc) is 3.31. The number of H-pyrrole nitrogens is 1. The number of methoxy groups -OCH3 is 1. The van der Waals surface area contributed by atoms with Crippen molar-refractivity contribution in [2.24, 2.45) is 0 Å². The predicted octanol–water partition coefficient (Wildman–Crippen LogP) is 3.56. The fraction of sp³-hybridized carbons (Fsp3) is 0.296. The van der Waals surface area contributed by atoms with Crippen LogP contribution in [0.1, 0.15) is 16.1 Å². The summed E-state index contributed by atoms with van der Waals surface area (Å²) in [4.78, 5) is 34.4. The maximum atomic E-state index is 13.0. The summed E-state index contributed by atoms with van der Waals surface area (Å²) in [5.41, 5.74) is 3.89. The molecule has 1 saturated heterocycles. The zero-order chi connectivity index (χ0) is 26.6. The van der Waals surface area contributed by atoms with Crippen LogP contribution in [0.2, 0.25) is 5.02 Å². The van der Waals surface area contributed by atoms with E-state index in [1.54, 1.807) is 36.5 Å². The number of hydrogen-bond acceptors (Lipinski definition) is 7. The fourth-order valence-corrected chi connectivity index (χ4v) is 4.94. The van der Waals surface area contributed by atoms with E-state index in [0.29, 0.717) is 77.4 Å². The smallest absolute Gasteiger partial charge is 0.255 e. The van der Waals surface area contributed by atoms with E-state index >= 15 is 0 Å². The minimum atomic E-state index is -0.309. The Kier molecular flexibility index (Phi) is 7.52. The number of hydrogen-bond donors (Lipinski definition) is 3. The van der Waals surface area contributed by atoms with Gasteiger partial charge in [0.1, 0.15) is 18.5 Å². The molecule has 10 nitrogen and oxygen atoms in total. The van der Waals surface area contributed by atoms with Crippen molar-refractivity contribution in [1.82, 2.24) is 20.2 Å². The first-order chi connectivity index (χ1) is 18.5. The lowest BCUT2D eigenvalue weighted by Gasteiger charge is -2.32. The molecule has 0 saturated carbocycles. The van der Waals surface area contributed by atoms with Crippen molar-refractivity contribution in [1.29, 1.82) is 0 Å². The average molecular weight is 538 g/mol. The van der Waals surface area contributed by atoms with Crippen LogP contribution in [-0.4, -0.2) is 72.7 Å². The summed E-state index contributed by atoms with van der Waals surface area (Å²) >= 11 is 6.36. The van der Waals surface area contributed by atoms with Crippen molar-refractivity contribution in [2.75, 3.05) is 45.3 Å². The summed E-state index contributed by atoms with van der Waals surface area (Å²) in [6, 6.07) is 7.19. The Morgan fingerprint density at radius 3 is 3.08 bits per heavy atom. The largest absolute Gasteiger partial charge is 0.493 e. The molecular weight excluding hydrogens is 510 g/mol. The Labute approximate surface area is 224 Å². The zero-order valence-electron chi connectivity index (χ0n) is 20.9. The fourth-order valence-electron chi connectivity index (χ4n) is 4.69. The number of nitrogens with one attached hydrogen (secondary N) is 3. The molecule has 0 unspecified atom stereocenters. The molecule has 3 N–H and O–H groups in total. The van der Waals surface area contributed by atoms with Crippen LogP contribution < -0.4 is 20.1 Å². The number of rotatable bonds is 8. The molecule has 4 heterocycles. The van der Waals surface area contributed by atoms with Gasteiger partial charge >= 0.3 is 0 Å². The molecular formula is C27H28ClN5O5. The van der Waals surface area contributed by atoms with E-state index in [4.69, 9.17) is 25.8 Å². The van der Waals surface area contributed by atoms with Gasteiger partial charge in [0.15, 0.2) is 5.75 Å². The van der Waals surface area contributed by atoms with Gasteiger partial charge < -0.3 is 34.7 Å². The number of nitrogens with zero attached hydrogens (tertiary/aromatic N) is 2. The van der Waals surface area contributed by atoms with Crippen molar-refractivity contribution in [3.05, 3.63) is 65.6 Å². The number of benzene rings is 1. The predicted molar refractivity (Wildman–Crippen MR) is 143 cm³/mol. The first-order valence-electron chi connectivity index (χ1n) is 12.2. The molecule has 38 heavy (non-hydrogen) atoms. The minimum Gasteiger partial charge on any atom is -0.493 e. The molecule has 2 aromatic heterocycles. The summed E-state index contributed by atoms with van der Waals surface area (Å²) in [6.45, 7) is 5.64. The summed E-state index contributed by atoms with van der Waals surface area (Å²) in [5.74, 6) is 0.646. The lowest BCUT2D eigenvalue weighted by atomic mass is 10.0. The summed E-state index contributed by atoms with van der Waals surface area (Å²) in [5, 5.41) is 6.73. The number of morpholine rings is 1. The standard InChI is InChI=1S/C27H28ClN5O5/c1-3-22(34)33-11-12-37-16(14-33)15-38-21-13-29-9-7-17(21)24-25(23-19(31-24)8-10-30-27(23)35)32-20-6-4-5-18(28)26(20)36-2/h3-7,9,13,16,31-32H,1,8,10-12,14-15H2,2H3,(H,30,35)/t16-/m0/s1. The lowest BCUT2D eigenvalue weighted by molar-refractivity contribution is -0.134. The molecule has 2 amide bonds. The Hall–Kier alpha value is -4.02. The van der Waals surface area contributed by atoms with Crippen LogP contribution >= 0.6 is 11.6 Å². The third-order valence-corrected chi connectivity index (χ3v) is 6.80. The van der Waals surface area contributed by atoms with Crippen LogP contribution in [0.3, 0.4) is 0 Å². The van der Waals surface area contributed by atoms with Crippen LogP contribution in [0.15, 0.2) is 49.3 Å². The quantitative estimate of drug-likeness (QED) is 0.376. The van der Waals surface area contributed by atoms with Crippen molar-refractivity contribution in [3.8, 4) is 22.8 Å². The molecule has 1 aromatic carbocycles. The summed E-state index contributed by atoms with van der Waals surface area (Å²) in [6.07, 6.45) is 4.92. The Bertz CT molecular complexity index is 1370. The molecule has 11 heteroatoms. The number of carbonyl (C=O) groups excluding carboxylic acids is 2. The first-order valence-corrected chi connectivity index (χ1v) is 12.6. The number of fused-ring (bicyclic) bond motifs is 1. The molecule has 198 valence electrons. The van der Waals surface area contributed by atoms with Gasteiger partial charge in [-0.25, -0.2) is 0 Å². The van der Waals surface area contributed by atoms with Crippen molar-refractivity contribution >= 4 is 34.8 Å². The lowest BCUT2D eigenvalue weighted by Crippen LogP contribution is -2.47. The van der Waals surface area contributed by atoms with Crippen molar-refractivity contribution < 1.29 is 23.8 Å². The normalized spacial score (nSPS) is 16.8. The molecule has 1 atom stereocenters. The topological polar surface area (TPSA) is 118 Å². The third-order valence-electron chi connectivity index (χ3n) is 6.50. The monoisotopic (exact) mass is 537 g/mol. The van der Waals surface area contributed by atoms with Gasteiger partial charge in [0.2, 0.25) is 5.91 Å². The maximum absolute atomic E-state index is 13.0.